The van der Waals surface area contributed by atoms with Crippen molar-refractivity contribution in [3.8, 4) is 0 Å². The second-order valence-corrected chi connectivity index (χ2v) is 7.72. The molecule has 1 saturated heterocycles. The number of benzene rings is 1. The highest BCUT2D eigenvalue weighted by molar-refractivity contribution is 7.92. The Balaban J connectivity index is 1.93. The SMILES string of the molecule is CCNC(=O)C1CCN(c2ccc(NS(=O)(=O)CC)cc2)CC1. The molecule has 1 fully saturated rings. The van der Waals surface area contributed by atoms with Gasteiger partial charge in [0.15, 0.2) is 0 Å². The Bertz CT molecular complexity index is 620. The number of piperidine rings is 1. The van der Waals surface area contributed by atoms with E-state index in [1.54, 1.807) is 19.1 Å². The third-order valence-corrected chi connectivity index (χ3v) is 5.41. The molecule has 1 amide bonds. The zero-order valence-electron chi connectivity index (χ0n) is 13.7. The van der Waals surface area contributed by atoms with Crippen LogP contribution < -0.4 is 14.9 Å². The average molecular weight is 339 g/mol. The summed E-state index contributed by atoms with van der Waals surface area (Å²) in [6, 6.07) is 7.39. The zero-order chi connectivity index (χ0) is 16.9. The highest BCUT2D eigenvalue weighted by Gasteiger charge is 2.24. The maximum absolute atomic E-state index is 11.9. The van der Waals surface area contributed by atoms with Gasteiger partial charge in [-0.3, -0.25) is 9.52 Å². The van der Waals surface area contributed by atoms with Crippen LogP contribution in [0.4, 0.5) is 11.4 Å². The van der Waals surface area contributed by atoms with E-state index in [0.717, 1.165) is 31.6 Å². The Kier molecular flexibility index (Phi) is 5.87. The summed E-state index contributed by atoms with van der Waals surface area (Å²) in [7, 11) is -3.24. The molecule has 1 heterocycles. The predicted molar refractivity (Wildman–Crippen MR) is 93.1 cm³/mol. The van der Waals surface area contributed by atoms with Crippen molar-refractivity contribution in [3.63, 3.8) is 0 Å². The molecule has 0 aliphatic carbocycles. The van der Waals surface area contributed by atoms with Crippen LogP contribution in [0.25, 0.3) is 0 Å². The van der Waals surface area contributed by atoms with Gasteiger partial charge in [-0.15, -0.1) is 0 Å². The molecule has 0 spiro atoms. The lowest BCUT2D eigenvalue weighted by Crippen LogP contribution is -2.40. The third-order valence-electron chi connectivity index (χ3n) is 4.10. The van der Waals surface area contributed by atoms with Gasteiger partial charge >= 0.3 is 0 Å². The van der Waals surface area contributed by atoms with Crippen molar-refractivity contribution in [3.05, 3.63) is 24.3 Å². The first-order chi connectivity index (χ1) is 10.9. The first-order valence-corrected chi connectivity index (χ1v) is 9.73. The number of sulfonamides is 1. The summed E-state index contributed by atoms with van der Waals surface area (Å²) in [6.07, 6.45) is 1.69. The number of nitrogens with one attached hydrogen (secondary N) is 2. The second-order valence-electron chi connectivity index (χ2n) is 5.71. The highest BCUT2D eigenvalue weighted by atomic mass is 32.2. The topological polar surface area (TPSA) is 78.5 Å². The van der Waals surface area contributed by atoms with Crippen LogP contribution in [-0.2, 0) is 14.8 Å². The van der Waals surface area contributed by atoms with Gasteiger partial charge in [-0.05, 0) is 51.0 Å². The number of carbonyl (C=O) groups excluding carboxylic acids is 1. The summed E-state index contributed by atoms with van der Waals surface area (Å²) >= 11 is 0. The van der Waals surface area contributed by atoms with Gasteiger partial charge in [-0.1, -0.05) is 0 Å². The molecule has 1 aliphatic rings. The van der Waals surface area contributed by atoms with Gasteiger partial charge in [-0.25, -0.2) is 8.42 Å². The summed E-state index contributed by atoms with van der Waals surface area (Å²) in [5, 5.41) is 2.88. The Hall–Kier alpha value is -1.76. The Morgan fingerprint density at radius 2 is 1.78 bits per heavy atom. The van der Waals surface area contributed by atoms with E-state index >= 15 is 0 Å². The molecule has 128 valence electrons. The number of carbonyl (C=O) groups is 1. The van der Waals surface area contributed by atoms with Crippen LogP contribution in [0, 0.1) is 5.92 Å². The van der Waals surface area contributed by atoms with E-state index in [4.69, 9.17) is 0 Å². The first kappa shape index (κ1) is 17.6. The summed E-state index contributed by atoms with van der Waals surface area (Å²) < 4.78 is 25.6. The Morgan fingerprint density at radius 1 is 1.17 bits per heavy atom. The number of hydrogen-bond acceptors (Lipinski definition) is 4. The van der Waals surface area contributed by atoms with Crippen LogP contribution >= 0.6 is 0 Å². The van der Waals surface area contributed by atoms with Gasteiger partial charge in [-0.2, -0.15) is 0 Å². The fourth-order valence-corrected chi connectivity index (χ4v) is 3.35. The second kappa shape index (κ2) is 7.68. The van der Waals surface area contributed by atoms with Gasteiger partial charge < -0.3 is 10.2 Å². The molecule has 0 unspecified atom stereocenters. The number of rotatable bonds is 6. The van der Waals surface area contributed by atoms with E-state index in [0.29, 0.717) is 12.2 Å². The van der Waals surface area contributed by atoms with Crippen LogP contribution in [0.1, 0.15) is 26.7 Å². The average Bonchev–Trinajstić information content (AvgIpc) is 2.56. The molecule has 2 rings (SSSR count). The number of amides is 1. The molecule has 7 heteroatoms. The quantitative estimate of drug-likeness (QED) is 0.828. The van der Waals surface area contributed by atoms with Crippen molar-refractivity contribution in [2.75, 3.05) is 35.0 Å². The van der Waals surface area contributed by atoms with Gasteiger partial charge in [0.2, 0.25) is 15.9 Å². The lowest BCUT2D eigenvalue weighted by Gasteiger charge is -2.33. The zero-order valence-corrected chi connectivity index (χ0v) is 14.5. The van der Waals surface area contributed by atoms with Crippen molar-refractivity contribution in [2.45, 2.75) is 26.7 Å². The lowest BCUT2D eigenvalue weighted by molar-refractivity contribution is -0.125. The number of nitrogens with zero attached hydrogens (tertiary/aromatic N) is 1. The van der Waals surface area contributed by atoms with Crippen LogP contribution in [0.2, 0.25) is 0 Å². The fraction of sp³-hybridized carbons (Fsp3) is 0.562. The minimum atomic E-state index is -3.24. The lowest BCUT2D eigenvalue weighted by atomic mass is 9.95. The molecule has 6 nitrogen and oxygen atoms in total. The van der Waals surface area contributed by atoms with Gasteiger partial charge in [0, 0.05) is 36.9 Å². The maximum Gasteiger partial charge on any atom is 0.232 e. The minimum absolute atomic E-state index is 0.0576. The third kappa shape index (κ3) is 4.86. The van der Waals surface area contributed by atoms with Crippen molar-refractivity contribution >= 4 is 27.3 Å². The summed E-state index contributed by atoms with van der Waals surface area (Å²) in [4.78, 5) is 14.1. The molecule has 0 radical (unpaired) electrons. The molecular weight excluding hydrogens is 314 g/mol. The number of hydrogen-bond donors (Lipinski definition) is 2. The molecule has 0 bridgehead atoms. The van der Waals surface area contributed by atoms with Crippen LogP contribution in [-0.4, -0.2) is 39.7 Å². The van der Waals surface area contributed by atoms with E-state index in [-0.39, 0.29) is 17.6 Å². The van der Waals surface area contributed by atoms with Crippen molar-refractivity contribution in [2.24, 2.45) is 5.92 Å². The summed E-state index contributed by atoms with van der Waals surface area (Å²) in [6.45, 7) is 5.88. The standard InChI is InChI=1S/C16H25N3O3S/c1-3-17-16(20)13-9-11-19(12-10-13)15-7-5-14(6-8-15)18-23(21,22)4-2/h5-8,13,18H,3-4,9-12H2,1-2H3,(H,17,20). The fourth-order valence-electron chi connectivity index (χ4n) is 2.71. The molecule has 0 aromatic heterocycles. The van der Waals surface area contributed by atoms with E-state index in [9.17, 15) is 13.2 Å². The van der Waals surface area contributed by atoms with Gasteiger partial charge in [0.05, 0.1) is 5.75 Å². The normalized spacial score (nSPS) is 16.2. The molecule has 1 aliphatic heterocycles. The molecule has 1 aromatic carbocycles. The predicted octanol–water partition coefficient (Wildman–Crippen LogP) is 1.80. The molecule has 0 saturated carbocycles. The van der Waals surface area contributed by atoms with E-state index < -0.39 is 10.0 Å². The first-order valence-electron chi connectivity index (χ1n) is 8.08. The smallest absolute Gasteiger partial charge is 0.232 e. The molecule has 2 N–H and O–H groups in total. The molecular formula is C16H25N3O3S. The minimum Gasteiger partial charge on any atom is -0.371 e. The van der Waals surface area contributed by atoms with Gasteiger partial charge in [0.25, 0.3) is 0 Å². The maximum atomic E-state index is 11.9. The Labute approximate surface area is 138 Å². The largest absolute Gasteiger partial charge is 0.371 e. The molecule has 0 atom stereocenters. The van der Waals surface area contributed by atoms with Crippen LogP contribution in [0.5, 0.6) is 0 Å². The van der Waals surface area contributed by atoms with Crippen molar-refractivity contribution < 1.29 is 13.2 Å². The monoisotopic (exact) mass is 339 g/mol. The van der Waals surface area contributed by atoms with E-state index in [1.807, 2.05) is 19.1 Å². The van der Waals surface area contributed by atoms with Crippen molar-refractivity contribution in [1.82, 2.24) is 5.32 Å². The van der Waals surface area contributed by atoms with E-state index in [2.05, 4.69) is 14.9 Å². The van der Waals surface area contributed by atoms with Crippen LogP contribution in [0.3, 0.4) is 0 Å². The molecule has 23 heavy (non-hydrogen) atoms. The van der Waals surface area contributed by atoms with E-state index in [1.165, 1.54) is 0 Å². The summed E-state index contributed by atoms with van der Waals surface area (Å²) in [5.74, 6) is 0.306. The van der Waals surface area contributed by atoms with Crippen LogP contribution in [0.15, 0.2) is 24.3 Å². The Morgan fingerprint density at radius 3 is 2.30 bits per heavy atom. The highest BCUT2D eigenvalue weighted by Crippen LogP contribution is 2.25. The number of anilines is 2. The van der Waals surface area contributed by atoms with Crippen molar-refractivity contribution in [1.29, 1.82) is 0 Å². The van der Waals surface area contributed by atoms with Gasteiger partial charge in [0.1, 0.15) is 0 Å². The molecule has 1 aromatic rings. The summed E-state index contributed by atoms with van der Waals surface area (Å²) in [5.41, 5.74) is 1.63.